The van der Waals surface area contributed by atoms with Gasteiger partial charge in [0.15, 0.2) is 0 Å². The minimum absolute atomic E-state index is 0.0769. The van der Waals surface area contributed by atoms with Gasteiger partial charge < -0.3 is 20.7 Å². The first-order chi connectivity index (χ1) is 16.0. The second-order valence-corrected chi connectivity index (χ2v) is 8.21. The van der Waals surface area contributed by atoms with Crippen molar-refractivity contribution in [1.82, 2.24) is 5.32 Å². The van der Waals surface area contributed by atoms with E-state index in [1.165, 1.54) is 0 Å². The van der Waals surface area contributed by atoms with E-state index in [0.29, 0.717) is 36.0 Å². The molecule has 6 nitrogen and oxygen atoms in total. The van der Waals surface area contributed by atoms with Crippen LogP contribution in [0.4, 0.5) is 11.4 Å². The largest absolute Gasteiger partial charge is 0.494 e. The van der Waals surface area contributed by atoms with E-state index >= 15 is 0 Å². The van der Waals surface area contributed by atoms with E-state index in [1.807, 2.05) is 60.7 Å². The first-order valence-electron chi connectivity index (χ1n) is 11.2. The Hall–Kier alpha value is -3.80. The Bertz CT molecular complexity index is 1050. The molecular formula is C27H31N3O3. The van der Waals surface area contributed by atoms with Crippen molar-refractivity contribution in [3.63, 3.8) is 0 Å². The molecule has 0 radical (unpaired) electrons. The predicted molar refractivity (Wildman–Crippen MR) is 133 cm³/mol. The van der Waals surface area contributed by atoms with E-state index in [2.05, 4.69) is 29.8 Å². The Balaban J connectivity index is 1.48. The average Bonchev–Trinajstić information content (AvgIpc) is 2.82. The normalized spacial score (nSPS) is 10.5. The number of carbonyl (C=O) groups is 2. The van der Waals surface area contributed by atoms with Crippen molar-refractivity contribution in [2.45, 2.75) is 26.8 Å². The molecule has 3 aromatic rings. The highest BCUT2D eigenvalue weighted by Crippen LogP contribution is 2.18. The van der Waals surface area contributed by atoms with E-state index in [1.54, 1.807) is 18.2 Å². The third-order valence-corrected chi connectivity index (χ3v) is 4.96. The van der Waals surface area contributed by atoms with Crippen molar-refractivity contribution in [2.24, 2.45) is 5.92 Å². The zero-order valence-electron chi connectivity index (χ0n) is 19.1. The fraction of sp³-hybridized carbons (Fsp3) is 0.259. The summed E-state index contributed by atoms with van der Waals surface area (Å²) in [5.74, 6) is 0.956. The maximum atomic E-state index is 12.5. The smallest absolute Gasteiger partial charge is 0.251 e. The molecule has 3 N–H and O–H groups in total. The quantitative estimate of drug-likeness (QED) is 0.384. The van der Waals surface area contributed by atoms with Crippen LogP contribution in [0.15, 0.2) is 78.9 Å². The van der Waals surface area contributed by atoms with E-state index < -0.39 is 0 Å². The molecule has 0 heterocycles. The fourth-order valence-corrected chi connectivity index (χ4v) is 3.11. The van der Waals surface area contributed by atoms with Crippen molar-refractivity contribution in [2.75, 3.05) is 23.8 Å². The van der Waals surface area contributed by atoms with E-state index in [4.69, 9.17) is 4.74 Å². The fourth-order valence-electron chi connectivity index (χ4n) is 3.11. The van der Waals surface area contributed by atoms with Gasteiger partial charge in [-0.05, 0) is 48.2 Å². The molecular weight excluding hydrogens is 414 g/mol. The summed E-state index contributed by atoms with van der Waals surface area (Å²) in [5, 5.41) is 8.85. The highest BCUT2D eigenvalue weighted by molar-refractivity contribution is 5.96. The Morgan fingerprint density at radius 2 is 1.64 bits per heavy atom. The van der Waals surface area contributed by atoms with Gasteiger partial charge in [-0.3, -0.25) is 9.59 Å². The maximum Gasteiger partial charge on any atom is 0.251 e. The van der Waals surface area contributed by atoms with E-state index in [-0.39, 0.29) is 18.4 Å². The lowest BCUT2D eigenvalue weighted by Gasteiger charge is -2.11. The monoisotopic (exact) mass is 445 g/mol. The molecule has 0 atom stereocenters. The highest BCUT2D eigenvalue weighted by Gasteiger charge is 2.08. The van der Waals surface area contributed by atoms with E-state index in [0.717, 1.165) is 17.7 Å². The highest BCUT2D eigenvalue weighted by atomic mass is 16.5. The number of hydrogen-bond donors (Lipinski definition) is 3. The van der Waals surface area contributed by atoms with Crippen LogP contribution in [0.2, 0.25) is 0 Å². The van der Waals surface area contributed by atoms with Crippen molar-refractivity contribution >= 4 is 23.2 Å². The Morgan fingerprint density at radius 3 is 2.42 bits per heavy atom. The molecule has 0 unspecified atom stereocenters. The lowest BCUT2D eigenvalue weighted by molar-refractivity contribution is -0.114. The first-order valence-corrected chi connectivity index (χ1v) is 11.2. The van der Waals surface area contributed by atoms with Crippen LogP contribution >= 0.6 is 0 Å². The topological polar surface area (TPSA) is 79.5 Å². The van der Waals surface area contributed by atoms with Crippen LogP contribution in [-0.2, 0) is 11.3 Å². The first kappa shape index (κ1) is 23.9. The molecule has 172 valence electrons. The molecule has 33 heavy (non-hydrogen) atoms. The van der Waals surface area contributed by atoms with Gasteiger partial charge in [0.05, 0.1) is 13.2 Å². The number of benzene rings is 3. The van der Waals surface area contributed by atoms with Crippen LogP contribution in [0.25, 0.3) is 0 Å². The van der Waals surface area contributed by atoms with Gasteiger partial charge in [0.1, 0.15) is 5.75 Å². The van der Waals surface area contributed by atoms with Crippen LogP contribution < -0.4 is 20.7 Å². The summed E-state index contributed by atoms with van der Waals surface area (Å²) in [4.78, 5) is 24.8. The molecule has 0 spiro atoms. The Morgan fingerprint density at radius 1 is 0.879 bits per heavy atom. The maximum absolute atomic E-state index is 12.5. The minimum Gasteiger partial charge on any atom is -0.494 e. The van der Waals surface area contributed by atoms with Crippen LogP contribution in [-0.4, -0.2) is 25.0 Å². The lowest BCUT2D eigenvalue weighted by atomic mass is 10.1. The summed E-state index contributed by atoms with van der Waals surface area (Å²) in [6, 6.07) is 24.2. The van der Waals surface area contributed by atoms with Crippen LogP contribution in [0, 0.1) is 5.92 Å². The average molecular weight is 446 g/mol. The number of amides is 2. The second-order valence-electron chi connectivity index (χ2n) is 8.21. The molecule has 3 rings (SSSR count). The molecule has 0 aromatic heterocycles. The third-order valence-electron chi connectivity index (χ3n) is 4.96. The summed E-state index contributed by atoms with van der Waals surface area (Å²) in [5.41, 5.74) is 2.94. The Kier molecular flexibility index (Phi) is 8.88. The number of ether oxygens (including phenoxy) is 1. The van der Waals surface area contributed by atoms with Crippen molar-refractivity contribution in [3.8, 4) is 5.75 Å². The molecule has 0 saturated carbocycles. The molecule has 2 amide bonds. The SMILES string of the molecule is CC(C)CCOc1cccc(NC(=O)CNc2cccc(C(=O)NCc3ccccc3)c2)c1. The molecule has 3 aromatic carbocycles. The summed E-state index contributed by atoms with van der Waals surface area (Å²) in [7, 11) is 0. The van der Waals surface area contributed by atoms with Crippen molar-refractivity contribution in [1.29, 1.82) is 0 Å². The second kappa shape index (κ2) is 12.3. The molecule has 0 aliphatic carbocycles. The summed E-state index contributed by atoms with van der Waals surface area (Å²) in [6.07, 6.45) is 0.976. The number of nitrogens with one attached hydrogen (secondary N) is 3. The van der Waals surface area contributed by atoms with Gasteiger partial charge in [0.25, 0.3) is 5.91 Å². The van der Waals surface area contributed by atoms with Gasteiger partial charge in [-0.25, -0.2) is 0 Å². The summed E-state index contributed by atoms with van der Waals surface area (Å²) in [6.45, 7) is 5.49. The van der Waals surface area contributed by atoms with Crippen LogP contribution in [0.3, 0.4) is 0 Å². The van der Waals surface area contributed by atoms with Gasteiger partial charge in [-0.1, -0.05) is 56.3 Å². The predicted octanol–water partition coefficient (Wildman–Crippen LogP) is 5.09. The molecule has 0 aliphatic heterocycles. The Labute approximate surface area is 195 Å². The van der Waals surface area contributed by atoms with E-state index in [9.17, 15) is 9.59 Å². The van der Waals surface area contributed by atoms with Gasteiger partial charge in [0, 0.05) is 29.5 Å². The van der Waals surface area contributed by atoms with Crippen molar-refractivity contribution < 1.29 is 14.3 Å². The number of hydrogen-bond acceptors (Lipinski definition) is 4. The number of rotatable bonds is 11. The van der Waals surface area contributed by atoms with Crippen LogP contribution in [0.5, 0.6) is 5.75 Å². The van der Waals surface area contributed by atoms with Crippen LogP contribution in [0.1, 0.15) is 36.2 Å². The van der Waals surface area contributed by atoms with Gasteiger partial charge in [-0.15, -0.1) is 0 Å². The number of anilines is 2. The van der Waals surface area contributed by atoms with Gasteiger partial charge in [0.2, 0.25) is 5.91 Å². The van der Waals surface area contributed by atoms with Crippen molar-refractivity contribution in [3.05, 3.63) is 90.0 Å². The molecule has 0 saturated heterocycles. The lowest BCUT2D eigenvalue weighted by Crippen LogP contribution is -2.23. The zero-order valence-corrected chi connectivity index (χ0v) is 19.1. The summed E-state index contributed by atoms with van der Waals surface area (Å²) >= 11 is 0. The molecule has 0 bridgehead atoms. The zero-order chi connectivity index (χ0) is 23.5. The summed E-state index contributed by atoms with van der Waals surface area (Å²) < 4.78 is 5.75. The standard InChI is InChI=1S/C27H31N3O3/c1-20(2)14-15-33-25-13-7-12-24(17-25)30-26(31)19-28-23-11-6-10-22(16-23)27(32)29-18-21-8-4-3-5-9-21/h3-13,16-17,20,28H,14-15,18-19H2,1-2H3,(H,29,32)(H,30,31). The molecule has 0 fully saturated rings. The van der Waals surface area contributed by atoms with Gasteiger partial charge >= 0.3 is 0 Å². The molecule has 6 heteroatoms. The van der Waals surface area contributed by atoms with Gasteiger partial charge in [-0.2, -0.15) is 0 Å². The third kappa shape index (κ3) is 8.33. The number of carbonyl (C=O) groups excluding carboxylic acids is 2. The minimum atomic E-state index is -0.187. The molecule has 0 aliphatic rings.